The predicted octanol–water partition coefficient (Wildman–Crippen LogP) is 3.01. The lowest BCUT2D eigenvalue weighted by Gasteiger charge is -2.08. The van der Waals surface area contributed by atoms with Gasteiger partial charge in [0.25, 0.3) is 0 Å². The van der Waals surface area contributed by atoms with Crippen molar-refractivity contribution in [2.45, 2.75) is 6.92 Å². The first-order valence-corrected chi connectivity index (χ1v) is 7.55. The molecule has 120 valence electrons. The van der Waals surface area contributed by atoms with E-state index in [-0.39, 0.29) is 12.3 Å². The quantitative estimate of drug-likeness (QED) is 0.444. The third kappa shape index (κ3) is 3.38. The fourth-order valence-corrected chi connectivity index (χ4v) is 2.23. The van der Waals surface area contributed by atoms with Crippen LogP contribution in [0.1, 0.15) is 12.5 Å². The molecule has 1 heterocycles. The minimum Gasteiger partial charge on any atom is -0.461 e. The number of ether oxygens (including phenoxy) is 1. The second-order valence-electron chi connectivity index (χ2n) is 4.90. The van der Waals surface area contributed by atoms with Crippen molar-refractivity contribution < 1.29 is 9.53 Å². The Bertz CT molecular complexity index is 873. The van der Waals surface area contributed by atoms with Crippen molar-refractivity contribution in [1.29, 1.82) is 0 Å². The van der Waals surface area contributed by atoms with E-state index in [2.05, 4.69) is 20.5 Å². The number of anilines is 1. The number of fused-ring (bicyclic) bond motifs is 1. The lowest BCUT2D eigenvalue weighted by atomic mass is 10.1. The molecule has 0 amide bonds. The van der Waals surface area contributed by atoms with Crippen LogP contribution in [0.25, 0.3) is 10.9 Å². The Morgan fingerprint density at radius 3 is 2.62 bits per heavy atom. The van der Waals surface area contributed by atoms with E-state index in [1.54, 1.807) is 19.1 Å². The van der Waals surface area contributed by atoms with Crippen molar-refractivity contribution in [3.8, 4) is 0 Å². The third-order valence-corrected chi connectivity index (χ3v) is 3.33. The van der Waals surface area contributed by atoms with Crippen LogP contribution in [-0.4, -0.2) is 28.3 Å². The molecule has 0 aliphatic rings. The van der Waals surface area contributed by atoms with E-state index in [0.29, 0.717) is 11.4 Å². The van der Waals surface area contributed by atoms with Gasteiger partial charge >= 0.3 is 5.97 Å². The van der Waals surface area contributed by atoms with Crippen LogP contribution in [0.4, 0.5) is 5.82 Å². The molecule has 0 radical (unpaired) electrons. The van der Waals surface area contributed by atoms with Gasteiger partial charge in [0.15, 0.2) is 11.5 Å². The lowest BCUT2D eigenvalue weighted by Crippen LogP contribution is -2.20. The average Bonchev–Trinajstić information content (AvgIpc) is 2.63. The highest BCUT2D eigenvalue weighted by atomic mass is 16.5. The average molecular weight is 320 g/mol. The Morgan fingerprint density at radius 2 is 1.83 bits per heavy atom. The van der Waals surface area contributed by atoms with Crippen LogP contribution in [0.2, 0.25) is 0 Å². The van der Waals surface area contributed by atoms with Gasteiger partial charge in [-0.25, -0.2) is 14.8 Å². The van der Waals surface area contributed by atoms with Crippen LogP contribution in [0, 0.1) is 0 Å². The summed E-state index contributed by atoms with van der Waals surface area (Å²) in [7, 11) is 0. The summed E-state index contributed by atoms with van der Waals surface area (Å²) >= 11 is 0. The smallest absolute Gasteiger partial charge is 0.359 e. The Labute approximate surface area is 139 Å². The monoisotopic (exact) mass is 320 g/mol. The summed E-state index contributed by atoms with van der Waals surface area (Å²) in [4.78, 5) is 20.6. The number of esters is 1. The van der Waals surface area contributed by atoms with Crippen LogP contribution >= 0.6 is 0 Å². The second kappa shape index (κ2) is 7.32. The molecule has 1 N–H and O–H groups in total. The van der Waals surface area contributed by atoms with Gasteiger partial charge in [-0.1, -0.05) is 42.5 Å². The first-order valence-electron chi connectivity index (χ1n) is 7.55. The van der Waals surface area contributed by atoms with E-state index < -0.39 is 5.97 Å². The summed E-state index contributed by atoms with van der Waals surface area (Å²) in [6, 6.07) is 16.7. The summed E-state index contributed by atoms with van der Waals surface area (Å²) in [5.74, 6) is 0.0351. The van der Waals surface area contributed by atoms with E-state index >= 15 is 0 Å². The van der Waals surface area contributed by atoms with Crippen molar-refractivity contribution in [3.63, 3.8) is 0 Å². The number of hydrogen-bond acceptors (Lipinski definition) is 6. The van der Waals surface area contributed by atoms with Gasteiger partial charge in [0.1, 0.15) is 6.33 Å². The summed E-state index contributed by atoms with van der Waals surface area (Å²) in [6.45, 7) is 2.03. The van der Waals surface area contributed by atoms with Crippen LogP contribution in [0.15, 0.2) is 66.0 Å². The number of rotatable bonds is 5. The molecule has 0 spiro atoms. The number of hydrazone groups is 1. The lowest BCUT2D eigenvalue weighted by molar-refractivity contribution is -0.134. The standard InChI is InChI=1S/C18H16N4O2/c1-2-24-18(23)16(13-8-4-3-5-9-13)21-22-17-14-10-6-7-11-15(14)19-12-20-17/h3-12H,2H2,1H3,(H,19,20,22)/b21-16-. The van der Waals surface area contributed by atoms with E-state index in [1.165, 1.54) is 6.33 Å². The Hall–Kier alpha value is -3.28. The number of benzene rings is 2. The largest absolute Gasteiger partial charge is 0.461 e. The summed E-state index contributed by atoms with van der Waals surface area (Å²) < 4.78 is 5.09. The first kappa shape index (κ1) is 15.6. The minimum absolute atomic E-state index is 0.195. The summed E-state index contributed by atoms with van der Waals surface area (Å²) in [5.41, 5.74) is 4.52. The minimum atomic E-state index is -0.491. The van der Waals surface area contributed by atoms with E-state index in [9.17, 15) is 4.79 Å². The molecule has 0 bridgehead atoms. The molecular formula is C18H16N4O2. The molecule has 0 saturated carbocycles. The molecule has 0 unspecified atom stereocenters. The predicted molar refractivity (Wildman–Crippen MR) is 92.8 cm³/mol. The van der Waals surface area contributed by atoms with E-state index in [1.807, 2.05) is 42.5 Å². The topological polar surface area (TPSA) is 76.5 Å². The van der Waals surface area contributed by atoms with Crippen molar-refractivity contribution in [1.82, 2.24) is 9.97 Å². The highest BCUT2D eigenvalue weighted by molar-refractivity contribution is 6.43. The highest BCUT2D eigenvalue weighted by Crippen LogP contribution is 2.18. The van der Waals surface area contributed by atoms with Gasteiger partial charge in [0, 0.05) is 10.9 Å². The first-order chi connectivity index (χ1) is 11.8. The molecule has 0 aliphatic carbocycles. The second-order valence-corrected chi connectivity index (χ2v) is 4.90. The summed E-state index contributed by atoms with van der Waals surface area (Å²) in [6.07, 6.45) is 1.45. The molecule has 6 nitrogen and oxygen atoms in total. The van der Waals surface area contributed by atoms with E-state index in [0.717, 1.165) is 10.9 Å². The number of aromatic nitrogens is 2. The fraction of sp³-hybridized carbons (Fsp3) is 0.111. The molecule has 6 heteroatoms. The van der Waals surface area contributed by atoms with Gasteiger partial charge in [-0.15, -0.1) is 0 Å². The molecule has 0 saturated heterocycles. The maximum Gasteiger partial charge on any atom is 0.359 e. The van der Waals surface area contributed by atoms with Gasteiger partial charge in [-0.05, 0) is 19.1 Å². The fourth-order valence-electron chi connectivity index (χ4n) is 2.23. The molecule has 2 aromatic carbocycles. The van der Waals surface area contributed by atoms with Crippen molar-refractivity contribution in [3.05, 3.63) is 66.5 Å². The number of carbonyl (C=O) groups excluding carboxylic acids is 1. The van der Waals surface area contributed by atoms with Crippen molar-refractivity contribution in [2.75, 3.05) is 12.0 Å². The van der Waals surface area contributed by atoms with Gasteiger partial charge in [0.05, 0.1) is 12.1 Å². The van der Waals surface area contributed by atoms with Crippen molar-refractivity contribution in [2.24, 2.45) is 5.10 Å². The zero-order valence-electron chi connectivity index (χ0n) is 13.1. The van der Waals surface area contributed by atoms with Crippen LogP contribution in [0.5, 0.6) is 0 Å². The molecule has 1 aromatic heterocycles. The normalized spacial score (nSPS) is 11.3. The molecule has 0 aliphatic heterocycles. The molecule has 3 rings (SSSR count). The van der Waals surface area contributed by atoms with Crippen LogP contribution < -0.4 is 5.43 Å². The molecule has 0 atom stereocenters. The zero-order valence-corrected chi connectivity index (χ0v) is 13.1. The Morgan fingerprint density at radius 1 is 1.08 bits per heavy atom. The Balaban J connectivity index is 1.97. The molecule has 0 fully saturated rings. The van der Waals surface area contributed by atoms with Gasteiger partial charge < -0.3 is 4.74 Å². The van der Waals surface area contributed by atoms with Crippen LogP contribution in [0.3, 0.4) is 0 Å². The van der Waals surface area contributed by atoms with Gasteiger partial charge in [-0.3, -0.25) is 5.43 Å². The maximum absolute atomic E-state index is 12.2. The van der Waals surface area contributed by atoms with Crippen molar-refractivity contribution >= 4 is 28.4 Å². The van der Waals surface area contributed by atoms with Gasteiger partial charge in [0.2, 0.25) is 0 Å². The number of carbonyl (C=O) groups is 1. The molecule has 3 aromatic rings. The van der Waals surface area contributed by atoms with Gasteiger partial charge in [-0.2, -0.15) is 5.10 Å². The highest BCUT2D eigenvalue weighted by Gasteiger charge is 2.15. The molecular weight excluding hydrogens is 304 g/mol. The number of nitrogens with one attached hydrogen (secondary N) is 1. The number of hydrogen-bond donors (Lipinski definition) is 1. The zero-order chi connectivity index (χ0) is 16.8. The van der Waals surface area contributed by atoms with E-state index in [4.69, 9.17) is 4.74 Å². The Kier molecular flexibility index (Phi) is 4.76. The number of para-hydroxylation sites is 1. The molecule has 24 heavy (non-hydrogen) atoms. The number of nitrogens with zero attached hydrogens (tertiary/aromatic N) is 3. The summed E-state index contributed by atoms with van der Waals surface area (Å²) in [5, 5.41) is 5.05. The van der Waals surface area contributed by atoms with Crippen LogP contribution in [-0.2, 0) is 9.53 Å². The maximum atomic E-state index is 12.2. The third-order valence-electron chi connectivity index (χ3n) is 3.33. The SMILES string of the molecule is CCOC(=O)/C(=N\Nc1ncnc2ccccc12)c1ccccc1.